The highest BCUT2D eigenvalue weighted by Gasteiger charge is 2.31. The van der Waals surface area contributed by atoms with E-state index in [9.17, 15) is 9.59 Å². The van der Waals surface area contributed by atoms with Crippen LogP contribution in [0.15, 0.2) is 6.07 Å². The fourth-order valence-electron chi connectivity index (χ4n) is 3.99. The molecule has 0 bridgehead atoms. The molecule has 1 aromatic heterocycles. The molecule has 1 aliphatic heterocycles. The summed E-state index contributed by atoms with van der Waals surface area (Å²) in [4.78, 5) is 31.5. The van der Waals surface area contributed by atoms with Crippen LogP contribution in [0.4, 0.5) is 0 Å². The van der Waals surface area contributed by atoms with E-state index in [-0.39, 0.29) is 11.8 Å². The lowest BCUT2D eigenvalue weighted by Gasteiger charge is -2.34. The molecular formula is C20H30N2O2S. The van der Waals surface area contributed by atoms with Gasteiger partial charge in [0.15, 0.2) is 0 Å². The van der Waals surface area contributed by atoms with E-state index in [0.717, 1.165) is 69.1 Å². The quantitative estimate of drug-likeness (QED) is 0.821. The van der Waals surface area contributed by atoms with Crippen molar-refractivity contribution in [1.29, 1.82) is 0 Å². The lowest BCUT2D eigenvalue weighted by molar-refractivity contribution is -0.137. The van der Waals surface area contributed by atoms with E-state index in [1.807, 2.05) is 18.7 Å². The molecule has 0 radical (unpaired) electrons. The van der Waals surface area contributed by atoms with Crippen molar-refractivity contribution >= 4 is 23.2 Å². The zero-order valence-electron chi connectivity index (χ0n) is 15.7. The number of amides is 2. The summed E-state index contributed by atoms with van der Waals surface area (Å²) in [6, 6.07) is 2.05. The summed E-state index contributed by atoms with van der Waals surface area (Å²) >= 11 is 1.64. The van der Waals surface area contributed by atoms with E-state index in [0.29, 0.717) is 5.91 Å². The Labute approximate surface area is 155 Å². The third-order valence-corrected chi connectivity index (χ3v) is 7.01. The number of carbonyl (C=O) groups is 2. The average Bonchev–Trinajstić information content (AvgIpc) is 3.06. The molecule has 2 amide bonds. The van der Waals surface area contributed by atoms with Gasteiger partial charge in [0, 0.05) is 37.0 Å². The first-order chi connectivity index (χ1) is 12.0. The molecule has 0 saturated carbocycles. The summed E-state index contributed by atoms with van der Waals surface area (Å²) in [7, 11) is 0. The van der Waals surface area contributed by atoms with Crippen molar-refractivity contribution < 1.29 is 9.59 Å². The molecule has 138 valence electrons. The molecular weight excluding hydrogens is 332 g/mol. The molecule has 5 heteroatoms. The molecule has 2 heterocycles. The highest BCUT2D eigenvalue weighted by Crippen LogP contribution is 2.34. The van der Waals surface area contributed by atoms with Crippen LogP contribution in [0.5, 0.6) is 0 Å². The van der Waals surface area contributed by atoms with Crippen LogP contribution in [-0.4, -0.2) is 47.8 Å². The van der Waals surface area contributed by atoms with E-state index >= 15 is 0 Å². The number of piperidine rings is 1. The molecule has 0 aromatic carbocycles. The van der Waals surface area contributed by atoms with Crippen molar-refractivity contribution in [3.05, 3.63) is 21.4 Å². The number of likely N-dealkylation sites (tertiary alicyclic amines) is 1. The SMILES string of the molecule is CCN(CC)C(=O)c1cc2c(s1)CC[C@H](C(=O)N1CCC(C)CC1)C2. The van der Waals surface area contributed by atoms with E-state index < -0.39 is 0 Å². The van der Waals surface area contributed by atoms with Gasteiger partial charge in [-0.1, -0.05) is 6.92 Å². The number of aryl methyl sites for hydroxylation is 1. The number of nitrogens with zero attached hydrogens (tertiary/aromatic N) is 2. The Balaban J connectivity index is 1.67. The van der Waals surface area contributed by atoms with Crippen LogP contribution in [-0.2, 0) is 17.6 Å². The van der Waals surface area contributed by atoms with Crippen molar-refractivity contribution in [2.24, 2.45) is 11.8 Å². The normalized spacial score (nSPS) is 21.1. The fraction of sp³-hybridized carbons (Fsp3) is 0.700. The minimum absolute atomic E-state index is 0.104. The van der Waals surface area contributed by atoms with E-state index in [1.54, 1.807) is 11.3 Å². The minimum atomic E-state index is 0.104. The second-order valence-corrected chi connectivity index (χ2v) is 8.62. The third-order valence-electron chi connectivity index (χ3n) is 5.79. The highest BCUT2D eigenvalue weighted by molar-refractivity contribution is 7.14. The zero-order chi connectivity index (χ0) is 18.0. The Hall–Kier alpha value is -1.36. The Kier molecular flexibility index (Phi) is 5.82. The van der Waals surface area contributed by atoms with Gasteiger partial charge in [-0.2, -0.15) is 0 Å². The van der Waals surface area contributed by atoms with Gasteiger partial charge >= 0.3 is 0 Å². The summed E-state index contributed by atoms with van der Waals surface area (Å²) in [6.07, 6.45) is 4.93. The first-order valence-corrected chi connectivity index (χ1v) is 10.5. The van der Waals surface area contributed by atoms with Crippen LogP contribution >= 0.6 is 11.3 Å². The third kappa shape index (κ3) is 3.91. The maximum absolute atomic E-state index is 12.9. The van der Waals surface area contributed by atoms with Crippen molar-refractivity contribution in [2.45, 2.75) is 52.9 Å². The number of rotatable bonds is 4. The van der Waals surface area contributed by atoms with Gasteiger partial charge in [-0.3, -0.25) is 9.59 Å². The van der Waals surface area contributed by atoms with Crippen LogP contribution < -0.4 is 0 Å². The predicted molar refractivity (Wildman–Crippen MR) is 102 cm³/mol. The Morgan fingerprint density at radius 2 is 1.88 bits per heavy atom. The molecule has 1 saturated heterocycles. The Morgan fingerprint density at radius 3 is 2.52 bits per heavy atom. The summed E-state index contributed by atoms with van der Waals surface area (Å²) in [5.74, 6) is 1.32. The van der Waals surface area contributed by atoms with Gasteiger partial charge in [-0.05, 0) is 63.5 Å². The van der Waals surface area contributed by atoms with Crippen LogP contribution in [0, 0.1) is 11.8 Å². The summed E-state index contributed by atoms with van der Waals surface area (Å²) < 4.78 is 0. The topological polar surface area (TPSA) is 40.6 Å². The van der Waals surface area contributed by atoms with Gasteiger partial charge in [0.2, 0.25) is 5.91 Å². The number of fused-ring (bicyclic) bond motifs is 1. The van der Waals surface area contributed by atoms with Gasteiger partial charge < -0.3 is 9.80 Å². The second kappa shape index (κ2) is 7.90. The molecule has 3 rings (SSSR count). The highest BCUT2D eigenvalue weighted by atomic mass is 32.1. The molecule has 1 aliphatic carbocycles. The molecule has 0 unspecified atom stereocenters. The van der Waals surface area contributed by atoms with E-state index in [2.05, 4.69) is 17.9 Å². The van der Waals surface area contributed by atoms with Crippen LogP contribution in [0.3, 0.4) is 0 Å². The summed E-state index contributed by atoms with van der Waals surface area (Å²) in [6.45, 7) is 9.62. The molecule has 1 fully saturated rings. The van der Waals surface area contributed by atoms with E-state index in [1.165, 1.54) is 10.4 Å². The van der Waals surface area contributed by atoms with Gasteiger partial charge in [-0.15, -0.1) is 11.3 Å². The molecule has 25 heavy (non-hydrogen) atoms. The maximum atomic E-state index is 12.9. The van der Waals surface area contributed by atoms with Crippen LogP contribution in [0.25, 0.3) is 0 Å². The van der Waals surface area contributed by atoms with Gasteiger partial charge in [0.05, 0.1) is 4.88 Å². The molecule has 1 atom stereocenters. The van der Waals surface area contributed by atoms with Gasteiger partial charge in [0.1, 0.15) is 0 Å². The molecule has 1 aromatic rings. The predicted octanol–water partition coefficient (Wildman–Crippen LogP) is 3.59. The molecule has 0 spiro atoms. The smallest absolute Gasteiger partial charge is 0.263 e. The van der Waals surface area contributed by atoms with Gasteiger partial charge in [0.25, 0.3) is 5.91 Å². The standard InChI is InChI=1S/C20H30N2O2S/c1-4-21(5-2)20(24)18-13-16-12-15(6-7-17(16)25-18)19(23)22-10-8-14(3)9-11-22/h13-15H,4-12H2,1-3H3/t15-/m0/s1. The first-order valence-electron chi connectivity index (χ1n) is 9.73. The lowest BCUT2D eigenvalue weighted by atomic mass is 9.86. The fourth-order valence-corrected chi connectivity index (χ4v) is 5.17. The Bertz CT molecular complexity index is 628. The average molecular weight is 363 g/mol. The largest absolute Gasteiger partial charge is 0.342 e. The first kappa shape index (κ1) is 18.4. The number of hydrogen-bond donors (Lipinski definition) is 0. The maximum Gasteiger partial charge on any atom is 0.263 e. The van der Waals surface area contributed by atoms with Crippen molar-refractivity contribution in [2.75, 3.05) is 26.2 Å². The summed E-state index contributed by atoms with van der Waals surface area (Å²) in [5, 5.41) is 0. The monoisotopic (exact) mass is 362 g/mol. The number of carbonyl (C=O) groups excluding carboxylic acids is 2. The van der Waals surface area contributed by atoms with Crippen molar-refractivity contribution in [1.82, 2.24) is 9.80 Å². The van der Waals surface area contributed by atoms with Crippen LogP contribution in [0.2, 0.25) is 0 Å². The van der Waals surface area contributed by atoms with Crippen molar-refractivity contribution in [3.8, 4) is 0 Å². The second-order valence-electron chi connectivity index (χ2n) is 7.48. The van der Waals surface area contributed by atoms with Gasteiger partial charge in [-0.25, -0.2) is 0 Å². The van der Waals surface area contributed by atoms with Crippen LogP contribution in [0.1, 0.15) is 60.1 Å². The minimum Gasteiger partial charge on any atom is -0.342 e. The zero-order valence-corrected chi connectivity index (χ0v) is 16.5. The summed E-state index contributed by atoms with van der Waals surface area (Å²) in [5.41, 5.74) is 1.23. The number of thiophene rings is 1. The molecule has 2 aliphatic rings. The molecule has 4 nitrogen and oxygen atoms in total. The van der Waals surface area contributed by atoms with Crippen molar-refractivity contribution in [3.63, 3.8) is 0 Å². The lowest BCUT2D eigenvalue weighted by Crippen LogP contribution is -2.42. The molecule has 0 N–H and O–H groups in total. The number of hydrogen-bond acceptors (Lipinski definition) is 3. The Morgan fingerprint density at radius 1 is 1.20 bits per heavy atom. The van der Waals surface area contributed by atoms with E-state index in [4.69, 9.17) is 0 Å².